The normalized spacial score (nSPS) is 14.4. The summed E-state index contributed by atoms with van der Waals surface area (Å²) in [4.78, 5) is 10.8. The molecule has 2 rings (SSSR count). The predicted octanol–water partition coefficient (Wildman–Crippen LogP) is 3.66. The van der Waals surface area contributed by atoms with E-state index in [9.17, 15) is 10.1 Å². The molecule has 0 saturated heterocycles. The van der Waals surface area contributed by atoms with Crippen molar-refractivity contribution in [1.82, 2.24) is 5.32 Å². The van der Waals surface area contributed by atoms with Crippen LogP contribution in [0.25, 0.3) is 0 Å². The molecule has 0 unspecified atom stereocenters. The largest absolute Gasteiger partial charge is 0.487 e. The highest BCUT2D eigenvalue weighted by atomic mass is 16.6. The summed E-state index contributed by atoms with van der Waals surface area (Å²) in [6.45, 7) is 5.52. The van der Waals surface area contributed by atoms with Gasteiger partial charge in [0.05, 0.1) is 11.5 Å². The fourth-order valence-electron chi connectivity index (χ4n) is 2.16. The van der Waals surface area contributed by atoms with Crippen molar-refractivity contribution in [2.45, 2.75) is 52.1 Å². The van der Waals surface area contributed by atoms with Crippen LogP contribution in [-0.4, -0.2) is 17.6 Å². The molecule has 0 aromatic heterocycles. The van der Waals surface area contributed by atoms with Crippen LogP contribution in [0.15, 0.2) is 18.2 Å². The first-order chi connectivity index (χ1) is 10.1. The van der Waals surface area contributed by atoms with Gasteiger partial charge in [0, 0.05) is 18.7 Å². The first-order valence-corrected chi connectivity index (χ1v) is 7.69. The Morgan fingerprint density at radius 1 is 1.43 bits per heavy atom. The Labute approximate surface area is 125 Å². The molecule has 1 aliphatic carbocycles. The Hall–Kier alpha value is -1.62. The van der Waals surface area contributed by atoms with Gasteiger partial charge in [-0.15, -0.1) is 0 Å². The van der Waals surface area contributed by atoms with E-state index in [1.54, 1.807) is 12.1 Å². The van der Waals surface area contributed by atoms with Gasteiger partial charge in [-0.2, -0.15) is 0 Å². The summed E-state index contributed by atoms with van der Waals surface area (Å²) in [6, 6.07) is 5.83. The second-order valence-electron chi connectivity index (χ2n) is 6.10. The summed E-state index contributed by atoms with van der Waals surface area (Å²) in [6.07, 6.45) is 4.40. The highest BCUT2D eigenvalue weighted by Gasteiger charge is 2.21. The van der Waals surface area contributed by atoms with Gasteiger partial charge in [0.1, 0.15) is 0 Å². The second kappa shape index (κ2) is 7.41. The zero-order valence-corrected chi connectivity index (χ0v) is 12.8. The van der Waals surface area contributed by atoms with Crippen LogP contribution < -0.4 is 10.1 Å². The van der Waals surface area contributed by atoms with Crippen LogP contribution in [0.5, 0.6) is 5.75 Å². The van der Waals surface area contributed by atoms with Crippen molar-refractivity contribution in [2.75, 3.05) is 6.61 Å². The lowest BCUT2D eigenvalue weighted by Crippen LogP contribution is -2.15. The summed E-state index contributed by atoms with van der Waals surface area (Å²) in [5.74, 6) is 0.999. The molecule has 1 saturated carbocycles. The maximum atomic E-state index is 11.2. The van der Waals surface area contributed by atoms with Gasteiger partial charge < -0.3 is 10.1 Å². The molecule has 5 heteroatoms. The van der Waals surface area contributed by atoms with Crippen LogP contribution in [0.3, 0.4) is 0 Å². The van der Waals surface area contributed by atoms with Crippen molar-refractivity contribution in [1.29, 1.82) is 0 Å². The summed E-state index contributed by atoms with van der Waals surface area (Å²) in [5, 5.41) is 14.5. The number of nitro benzene ring substituents is 1. The molecule has 21 heavy (non-hydrogen) atoms. The van der Waals surface area contributed by atoms with Gasteiger partial charge in [0.15, 0.2) is 5.75 Å². The van der Waals surface area contributed by atoms with Crippen LogP contribution in [0.4, 0.5) is 5.69 Å². The van der Waals surface area contributed by atoms with Crippen LogP contribution >= 0.6 is 0 Å². The second-order valence-corrected chi connectivity index (χ2v) is 6.10. The van der Waals surface area contributed by atoms with E-state index in [1.807, 2.05) is 6.07 Å². The summed E-state index contributed by atoms with van der Waals surface area (Å²) in [7, 11) is 0. The number of hydrogen-bond acceptors (Lipinski definition) is 4. The van der Waals surface area contributed by atoms with E-state index >= 15 is 0 Å². The Bertz CT molecular complexity index is 484. The number of rotatable bonds is 9. The summed E-state index contributed by atoms with van der Waals surface area (Å²) in [5.41, 5.74) is 0.998. The lowest BCUT2D eigenvalue weighted by atomic mass is 10.1. The molecule has 116 valence electrons. The molecule has 0 heterocycles. The van der Waals surface area contributed by atoms with Gasteiger partial charge in [0.2, 0.25) is 0 Å². The van der Waals surface area contributed by atoms with Gasteiger partial charge in [-0.3, -0.25) is 10.1 Å². The van der Waals surface area contributed by atoms with E-state index < -0.39 is 0 Å². The van der Waals surface area contributed by atoms with Crippen LogP contribution in [0, 0.1) is 16.0 Å². The number of nitro groups is 1. The number of nitrogens with one attached hydrogen (secondary N) is 1. The van der Waals surface area contributed by atoms with Crippen molar-refractivity contribution in [3.05, 3.63) is 33.9 Å². The molecule has 1 N–H and O–H groups in total. The van der Waals surface area contributed by atoms with E-state index in [0.29, 0.717) is 30.9 Å². The third-order valence-corrected chi connectivity index (χ3v) is 3.58. The van der Waals surface area contributed by atoms with Crippen molar-refractivity contribution >= 4 is 5.69 Å². The van der Waals surface area contributed by atoms with Gasteiger partial charge in [0.25, 0.3) is 0 Å². The molecular formula is C16H24N2O3. The minimum atomic E-state index is -0.363. The van der Waals surface area contributed by atoms with Gasteiger partial charge in [-0.25, -0.2) is 0 Å². The number of hydrogen-bond donors (Lipinski definition) is 1. The SMILES string of the molecule is CC(C)CCCOc1ccc(CNC2CC2)cc1[N+](=O)[O-]. The van der Waals surface area contributed by atoms with Crippen molar-refractivity contribution in [3.63, 3.8) is 0 Å². The minimum Gasteiger partial charge on any atom is -0.487 e. The van der Waals surface area contributed by atoms with Crippen LogP contribution in [-0.2, 0) is 6.54 Å². The van der Waals surface area contributed by atoms with Crippen molar-refractivity contribution in [3.8, 4) is 5.75 Å². The molecule has 1 aromatic carbocycles. The Balaban J connectivity index is 1.93. The van der Waals surface area contributed by atoms with Crippen molar-refractivity contribution in [2.24, 2.45) is 5.92 Å². The lowest BCUT2D eigenvalue weighted by molar-refractivity contribution is -0.385. The molecule has 1 aliphatic rings. The van der Waals surface area contributed by atoms with Gasteiger partial charge in [-0.05, 0) is 43.2 Å². The first kappa shape index (κ1) is 15.8. The monoisotopic (exact) mass is 292 g/mol. The Morgan fingerprint density at radius 2 is 2.19 bits per heavy atom. The number of nitrogens with zero attached hydrogens (tertiary/aromatic N) is 1. The van der Waals surface area contributed by atoms with Gasteiger partial charge >= 0.3 is 5.69 Å². The van der Waals surface area contributed by atoms with Crippen LogP contribution in [0.1, 0.15) is 45.1 Å². The molecule has 0 radical (unpaired) electrons. The fraction of sp³-hybridized carbons (Fsp3) is 0.625. The predicted molar refractivity (Wildman–Crippen MR) is 82.5 cm³/mol. The fourth-order valence-corrected chi connectivity index (χ4v) is 2.16. The quantitative estimate of drug-likeness (QED) is 0.428. The van der Waals surface area contributed by atoms with E-state index in [2.05, 4.69) is 19.2 Å². The lowest BCUT2D eigenvalue weighted by Gasteiger charge is -2.09. The van der Waals surface area contributed by atoms with E-state index in [4.69, 9.17) is 4.74 Å². The first-order valence-electron chi connectivity index (χ1n) is 7.69. The smallest absolute Gasteiger partial charge is 0.311 e. The molecule has 0 spiro atoms. The van der Waals surface area contributed by atoms with E-state index in [1.165, 1.54) is 12.8 Å². The summed E-state index contributed by atoms with van der Waals surface area (Å²) >= 11 is 0. The maximum absolute atomic E-state index is 11.2. The Morgan fingerprint density at radius 3 is 2.81 bits per heavy atom. The zero-order valence-electron chi connectivity index (χ0n) is 12.8. The van der Waals surface area contributed by atoms with Crippen molar-refractivity contribution < 1.29 is 9.66 Å². The Kier molecular flexibility index (Phi) is 5.56. The topological polar surface area (TPSA) is 64.4 Å². The average Bonchev–Trinajstić information content (AvgIpc) is 3.25. The maximum Gasteiger partial charge on any atom is 0.311 e. The highest BCUT2D eigenvalue weighted by molar-refractivity contribution is 5.48. The minimum absolute atomic E-state index is 0.0645. The third kappa shape index (κ3) is 5.34. The van der Waals surface area contributed by atoms with E-state index in [0.717, 1.165) is 18.4 Å². The van der Waals surface area contributed by atoms with Gasteiger partial charge in [-0.1, -0.05) is 19.9 Å². The molecule has 5 nitrogen and oxygen atoms in total. The molecule has 1 fully saturated rings. The number of ether oxygens (including phenoxy) is 1. The zero-order chi connectivity index (χ0) is 15.2. The summed E-state index contributed by atoms with van der Waals surface area (Å²) < 4.78 is 5.58. The molecule has 0 atom stereocenters. The molecule has 0 aliphatic heterocycles. The van der Waals surface area contributed by atoms with Crippen LogP contribution in [0.2, 0.25) is 0 Å². The molecule has 0 amide bonds. The molecule has 0 bridgehead atoms. The average molecular weight is 292 g/mol. The standard InChI is InChI=1S/C16H24N2O3/c1-12(2)4-3-9-21-16-8-5-13(10-15(16)18(19)20)11-17-14-6-7-14/h5,8,10,12,14,17H,3-4,6-7,9,11H2,1-2H3. The van der Waals surface area contributed by atoms with E-state index in [-0.39, 0.29) is 10.6 Å². The molecular weight excluding hydrogens is 268 g/mol. The highest BCUT2D eigenvalue weighted by Crippen LogP contribution is 2.29. The molecule has 1 aromatic rings. The third-order valence-electron chi connectivity index (χ3n) is 3.58. The number of benzene rings is 1.